The van der Waals surface area contributed by atoms with Gasteiger partial charge in [-0.05, 0) is 36.5 Å². The standard InChI is InChI=1S/C20H23N5OS/c1-2-7-21-17(5-1)16-15-23-20(24-19(16)18-6-3-14-27-18)22-8-4-9-25-10-12-26-13-11-25/h1-3,5-7,14-15H,4,8-13H2,(H,22,23,24). The van der Waals surface area contributed by atoms with E-state index >= 15 is 0 Å². The fourth-order valence-electron chi connectivity index (χ4n) is 3.11. The number of nitrogens with zero attached hydrogens (tertiary/aromatic N) is 4. The molecule has 0 unspecified atom stereocenters. The molecule has 3 aromatic heterocycles. The zero-order chi connectivity index (χ0) is 18.3. The molecule has 1 aliphatic heterocycles. The highest BCUT2D eigenvalue weighted by Gasteiger charge is 2.14. The first-order chi connectivity index (χ1) is 13.4. The van der Waals surface area contributed by atoms with Gasteiger partial charge < -0.3 is 10.1 Å². The Morgan fingerprint density at radius 1 is 1.11 bits per heavy atom. The van der Waals surface area contributed by atoms with Crippen LogP contribution in [0.2, 0.25) is 0 Å². The second-order valence-corrected chi connectivity index (χ2v) is 7.33. The van der Waals surface area contributed by atoms with Gasteiger partial charge in [-0.25, -0.2) is 9.97 Å². The highest BCUT2D eigenvalue weighted by molar-refractivity contribution is 7.13. The van der Waals surface area contributed by atoms with Gasteiger partial charge in [-0.2, -0.15) is 0 Å². The Morgan fingerprint density at radius 3 is 2.81 bits per heavy atom. The van der Waals surface area contributed by atoms with E-state index in [0.29, 0.717) is 5.95 Å². The second-order valence-electron chi connectivity index (χ2n) is 6.38. The topological polar surface area (TPSA) is 63.2 Å². The summed E-state index contributed by atoms with van der Waals surface area (Å²) in [5.74, 6) is 0.667. The first kappa shape index (κ1) is 18.0. The van der Waals surface area contributed by atoms with E-state index in [0.717, 1.165) is 67.6 Å². The third-order valence-corrected chi connectivity index (χ3v) is 5.40. The minimum absolute atomic E-state index is 0.667. The van der Waals surface area contributed by atoms with Gasteiger partial charge in [0.2, 0.25) is 5.95 Å². The largest absolute Gasteiger partial charge is 0.379 e. The van der Waals surface area contributed by atoms with Crippen LogP contribution >= 0.6 is 11.3 Å². The van der Waals surface area contributed by atoms with Crippen molar-refractivity contribution in [3.63, 3.8) is 0 Å². The maximum atomic E-state index is 5.39. The van der Waals surface area contributed by atoms with Gasteiger partial charge in [0.05, 0.1) is 29.5 Å². The average molecular weight is 382 g/mol. The first-order valence-corrected chi connectivity index (χ1v) is 10.1. The molecular weight excluding hydrogens is 358 g/mol. The fraction of sp³-hybridized carbons (Fsp3) is 0.350. The molecule has 7 heteroatoms. The minimum atomic E-state index is 0.667. The molecule has 0 saturated carbocycles. The summed E-state index contributed by atoms with van der Waals surface area (Å²) in [6, 6.07) is 10.0. The van der Waals surface area contributed by atoms with E-state index in [9.17, 15) is 0 Å². The Labute approximate surface area is 163 Å². The van der Waals surface area contributed by atoms with Crippen LogP contribution in [-0.2, 0) is 4.74 Å². The molecule has 4 rings (SSSR count). The monoisotopic (exact) mass is 381 g/mol. The summed E-state index contributed by atoms with van der Waals surface area (Å²) >= 11 is 1.68. The lowest BCUT2D eigenvalue weighted by Crippen LogP contribution is -2.37. The van der Waals surface area contributed by atoms with E-state index in [4.69, 9.17) is 9.72 Å². The van der Waals surface area contributed by atoms with Gasteiger partial charge in [0, 0.05) is 37.6 Å². The molecule has 0 aromatic carbocycles. The van der Waals surface area contributed by atoms with E-state index in [-0.39, 0.29) is 0 Å². The maximum absolute atomic E-state index is 5.39. The molecule has 0 radical (unpaired) electrons. The molecule has 1 aliphatic rings. The smallest absolute Gasteiger partial charge is 0.223 e. The van der Waals surface area contributed by atoms with Crippen molar-refractivity contribution in [1.82, 2.24) is 19.9 Å². The molecular formula is C20H23N5OS. The molecule has 1 fully saturated rings. The molecule has 27 heavy (non-hydrogen) atoms. The van der Waals surface area contributed by atoms with E-state index in [2.05, 4.69) is 31.6 Å². The Balaban J connectivity index is 1.45. The van der Waals surface area contributed by atoms with E-state index in [1.807, 2.05) is 30.5 Å². The van der Waals surface area contributed by atoms with Gasteiger partial charge in [0.1, 0.15) is 0 Å². The Hall–Kier alpha value is -2.35. The zero-order valence-electron chi connectivity index (χ0n) is 15.2. The molecule has 0 spiro atoms. The highest BCUT2D eigenvalue weighted by Crippen LogP contribution is 2.32. The van der Waals surface area contributed by atoms with E-state index in [1.165, 1.54) is 0 Å². The Morgan fingerprint density at radius 2 is 2.04 bits per heavy atom. The normalized spacial score (nSPS) is 15.0. The van der Waals surface area contributed by atoms with E-state index in [1.54, 1.807) is 17.5 Å². The lowest BCUT2D eigenvalue weighted by atomic mass is 10.1. The molecule has 0 bridgehead atoms. The van der Waals surface area contributed by atoms with Crippen LogP contribution in [0.5, 0.6) is 0 Å². The van der Waals surface area contributed by atoms with Crippen LogP contribution < -0.4 is 5.32 Å². The van der Waals surface area contributed by atoms with E-state index < -0.39 is 0 Å². The molecule has 1 saturated heterocycles. The SMILES string of the molecule is c1ccc(-c2cnc(NCCCN3CCOCC3)nc2-c2cccs2)nc1. The fourth-order valence-corrected chi connectivity index (χ4v) is 3.83. The van der Waals surface area contributed by atoms with Crippen LogP contribution in [0.15, 0.2) is 48.1 Å². The highest BCUT2D eigenvalue weighted by atomic mass is 32.1. The molecule has 0 atom stereocenters. The summed E-state index contributed by atoms with van der Waals surface area (Å²) in [4.78, 5) is 17.3. The maximum Gasteiger partial charge on any atom is 0.223 e. The number of nitrogens with one attached hydrogen (secondary N) is 1. The van der Waals surface area contributed by atoms with Gasteiger partial charge in [0.15, 0.2) is 0 Å². The number of ether oxygens (including phenoxy) is 1. The second kappa shape index (κ2) is 9.03. The number of hydrogen-bond acceptors (Lipinski definition) is 7. The lowest BCUT2D eigenvalue weighted by Gasteiger charge is -2.26. The molecule has 3 aromatic rings. The molecule has 1 N–H and O–H groups in total. The number of hydrogen-bond donors (Lipinski definition) is 1. The molecule has 6 nitrogen and oxygen atoms in total. The Bertz CT molecular complexity index is 835. The third kappa shape index (κ3) is 4.68. The van der Waals surface area contributed by atoms with Crippen LogP contribution in [0.1, 0.15) is 6.42 Å². The van der Waals surface area contributed by atoms with Crippen molar-refractivity contribution in [3.05, 3.63) is 48.1 Å². The predicted octanol–water partition coefficient (Wildman–Crippen LogP) is 3.40. The summed E-state index contributed by atoms with van der Waals surface area (Å²) in [7, 11) is 0. The van der Waals surface area contributed by atoms with Crippen LogP contribution in [0.25, 0.3) is 21.8 Å². The number of pyridine rings is 1. The van der Waals surface area contributed by atoms with Crippen molar-refractivity contribution in [2.45, 2.75) is 6.42 Å². The van der Waals surface area contributed by atoms with Gasteiger partial charge >= 0.3 is 0 Å². The molecule has 140 valence electrons. The zero-order valence-corrected chi connectivity index (χ0v) is 16.0. The third-order valence-electron chi connectivity index (χ3n) is 4.52. The quantitative estimate of drug-likeness (QED) is 0.633. The molecule has 4 heterocycles. The number of morpholine rings is 1. The summed E-state index contributed by atoms with van der Waals surface area (Å²) in [5.41, 5.74) is 2.77. The summed E-state index contributed by atoms with van der Waals surface area (Å²) in [6.07, 6.45) is 4.72. The van der Waals surface area contributed by atoms with Crippen molar-refractivity contribution in [2.75, 3.05) is 44.7 Å². The first-order valence-electron chi connectivity index (χ1n) is 9.26. The van der Waals surface area contributed by atoms with Crippen molar-refractivity contribution >= 4 is 17.3 Å². The van der Waals surface area contributed by atoms with Gasteiger partial charge in [-0.1, -0.05) is 12.1 Å². The minimum Gasteiger partial charge on any atom is -0.379 e. The van der Waals surface area contributed by atoms with Crippen LogP contribution in [0.4, 0.5) is 5.95 Å². The van der Waals surface area contributed by atoms with Crippen molar-refractivity contribution in [1.29, 1.82) is 0 Å². The number of thiophene rings is 1. The number of rotatable bonds is 7. The summed E-state index contributed by atoms with van der Waals surface area (Å²) in [6.45, 7) is 5.66. The van der Waals surface area contributed by atoms with Gasteiger partial charge in [0.25, 0.3) is 0 Å². The number of aromatic nitrogens is 3. The van der Waals surface area contributed by atoms with Crippen molar-refractivity contribution < 1.29 is 4.74 Å². The summed E-state index contributed by atoms with van der Waals surface area (Å²) < 4.78 is 5.39. The van der Waals surface area contributed by atoms with Gasteiger partial charge in [-0.15, -0.1) is 11.3 Å². The number of anilines is 1. The van der Waals surface area contributed by atoms with Crippen molar-refractivity contribution in [2.24, 2.45) is 0 Å². The van der Waals surface area contributed by atoms with Crippen LogP contribution in [0.3, 0.4) is 0 Å². The van der Waals surface area contributed by atoms with Crippen LogP contribution in [-0.4, -0.2) is 59.2 Å². The Kier molecular flexibility index (Phi) is 6.03. The summed E-state index contributed by atoms with van der Waals surface area (Å²) in [5, 5.41) is 5.43. The van der Waals surface area contributed by atoms with Crippen molar-refractivity contribution in [3.8, 4) is 21.8 Å². The average Bonchev–Trinajstić information content (AvgIpc) is 3.27. The lowest BCUT2D eigenvalue weighted by molar-refractivity contribution is 0.0378. The predicted molar refractivity (Wildman–Crippen MR) is 109 cm³/mol. The van der Waals surface area contributed by atoms with Gasteiger partial charge in [-0.3, -0.25) is 9.88 Å². The molecule has 0 amide bonds. The molecule has 0 aliphatic carbocycles. The van der Waals surface area contributed by atoms with Crippen LogP contribution in [0, 0.1) is 0 Å².